The van der Waals surface area contributed by atoms with Crippen LogP contribution in [0.15, 0.2) is 48.5 Å². The zero-order valence-corrected chi connectivity index (χ0v) is 10.1. The van der Waals surface area contributed by atoms with Gasteiger partial charge in [-0.15, -0.1) is 0 Å². The summed E-state index contributed by atoms with van der Waals surface area (Å²) in [6.45, 7) is 4.06. The second-order valence-electron chi connectivity index (χ2n) is 3.99. The van der Waals surface area contributed by atoms with Gasteiger partial charge < -0.3 is 9.31 Å². The predicted molar refractivity (Wildman–Crippen MR) is 70.8 cm³/mol. The first-order chi connectivity index (χ1) is 8.25. The van der Waals surface area contributed by atoms with Gasteiger partial charge in [0.2, 0.25) is 0 Å². The molecule has 2 nitrogen and oxygen atoms in total. The number of hydrogen-bond donors (Lipinski definition) is 0. The van der Waals surface area contributed by atoms with Crippen LogP contribution in [0.5, 0.6) is 11.5 Å². The van der Waals surface area contributed by atoms with Gasteiger partial charge in [0.15, 0.2) is 0 Å². The van der Waals surface area contributed by atoms with Crippen LogP contribution in [0, 0.1) is 13.8 Å². The summed E-state index contributed by atoms with van der Waals surface area (Å²) >= 11 is 0. The van der Waals surface area contributed by atoms with Crippen molar-refractivity contribution in [1.82, 2.24) is 0 Å². The molecule has 0 atom stereocenters. The summed E-state index contributed by atoms with van der Waals surface area (Å²) in [6.07, 6.45) is 0. The van der Waals surface area contributed by atoms with Gasteiger partial charge in [0, 0.05) is 0 Å². The van der Waals surface area contributed by atoms with Gasteiger partial charge in [-0.3, -0.25) is 0 Å². The van der Waals surface area contributed by atoms with Gasteiger partial charge >= 0.3 is 7.69 Å². The van der Waals surface area contributed by atoms with Crippen molar-refractivity contribution < 1.29 is 9.31 Å². The molecular weight excluding hydrogens is 211 g/mol. The molecule has 0 heterocycles. The summed E-state index contributed by atoms with van der Waals surface area (Å²) in [4.78, 5) is 0. The normalized spacial score (nSPS) is 9.76. The van der Waals surface area contributed by atoms with E-state index in [0.717, 1.165) is 17.1 Å². The Bertz CT molecular complexity index is 480. The van der Waals surface area contributed by atoms with Crippen LogP contribution in [0.3, 0.4) is 0 Å². The third kappa shape index (κ3) is 3.28. The average molecular weight is 226 g/mol. The summed E-state index contributed by atoms with van der Waals surface area (Å²) in [5.41, 5.74) is 2.33. The van der Waals surface area contributed by atoms with E-state index in [1.54, 1.807) is 0 Å². The predicted octanol–water partition coefficient (Wildman–Crippen LogP) is 3.03. The first kappa shape index (κ1) is 11.6. The fraction of sp³-hybridized carbons (Fsp3) is 0.143. The fourth-order valence-electron chi connectivity index (χ4n) is 1.51. The van der Waals surface area contributed by atoms with Gasteiger partial charge in [-0.05, 0) is 37.6 Å². The molecule has 0 spiro atoms. The summed E-state index contributed by atoms with van der Waals surface area (Å²) in [5.74, 6) is 1.68. The number of para-hydroxylation sites is 1. The molecule has 0 saturated heterocycles. The Balaban J connectivity index is 1.88. The summed E-state index contributed by atoms with van der Waals surface area (Å²) < 4.78 is 11.0. The molecule has 0 saturated carbocycles. The van der Waals surface area contributed by atoms with E-state index in [1.165, 1.54) is 5.56 Å². The summed E-state index contributed by atoms with van der Waals surface area (Å²) in [5, 5.41) is 0. The van der Waals surface area contributed by atoms with E-state index < -0.39 is 0 Å². The second kappa shape index (κ2) is 5.44. The minimum atomic E-state index is 0.230. The van der Waals surface area contributed by atoms with E-state index in [-0.39, 0.29) is 7.69 Å². The average Bonchev–Trinajstić information content (AvgIpc) is 2.34. The van der Waals surface area contributed by atoms with Crippen molar-refractivity contribution in [2.45, 2.75) is 13.8 Å². The van der Waals surface area contributed by atoms with Gasteiger partial charge in [0.25, 0.3) is 0 Å². The molecule has 0 fully saturated rings. The molecule has 0 bridgehead atoms. The van der Waals surface area contributed by atoms with Crippen LogP contribution in [-0.2, 0) is 0 Å². The highest BCUT2D eigenvalue weighted by Gasteiger charge is 2.01. The molecule has 3 heteroatoms. The minimum Gasteiger partial charge on any atom is -0.529 e. The zero-order valence-electron chi connectivity index (χ0n) is 10.1. The Kier molecular flexibility index (Phi) is 3.71. The molecule has 0 aliphatic rings. The lowest BCUT2D eigenvalue weighted by Gasteiger charge is -2.09. The monoisotopic (exact) mass is 226 g/mol. The molecule has 2 aromatic carbocycles. The van der Waals surface area contributed by atoms with Crippen LogP contribution in [0.4, 0.5) is 0 Å². The lowest BCUT2D eigenvalue weighted by Crippen LogP contribution is -2.11. The van der Waals surface area contributed by atoms with E-state index in [9.17, 15) is 0 Å². The van der Waals surface area contributed by atoms with Gasteiger partial charge in [-0.2, -0.15) is 0 Å². The molecular formula is C14H15BO2. The van der Waals surface area contributed by atoms with Crippen molar-refractivity contribution in [1.29, 1.82) is 0 Å². The third-order valence-corrected chi connectivity index (χ3v) is 2.55. The molecule has 2 rings (SSSR count). The quantitative estimate of drug-likeness (QED) is 0.746. The molecule has 0 N–H and O–H groups in total. The third-order valence-electron chi connectivity index (χ3n) is 2.55. The standard InChI is InChI=1S/C14H15BO2/c1-11-7-9-13(10-8-11)16-15-17-14-6-4-3-5-12(14)2/h3-10,15H,1-2H3. The van der Waals surface area contributed by atoms with E-state index in [4.69, 9.17) is 9.31 Å². The highest BCUT2D eigenvalue weighted by molar-refractivity contribution is 6.20. The number of rotatable bonds is 4. The first-order valence-corrected chi connectivity index (χ1v) is 5.63. The van der Waals surface area contributed by atoms with Gasteiger partial charge in [0.1, 0.15) is 11.5 Å². The van der Waals surface area contributed by atoms with Gasteiger partial charge in [-0.25, -0.2) is 0 Å². The Morgan fingerprint density at radius 1 is 0.824 bits per heavy atom. The summed E-state index contributed by atoms with van der Waals surface area (Å²) in [7, 11) is 0.230. The smallest absolute Gasteiger partial charge is 0.529 e. The Labute approximate surface area is 103 Å². The van der Waals surface area contributed by atoms with Crippen LogP contribution in [-0.4, -0.2) is 7.69 Å². The first-order valence-electron chi connectivity index (χ1n) is 5.63. The number of aryl methyl sites for hydroxylation is 2. The maximum atomic E-state index is 5.55. The van der Waals surface area contributed by atoms with Crippen LogP contribution >= 0.6 is 0 Å². The lowest BCUT2D eigenvalue weighted by atomic mass is 10.2. The maximum Gasteiger partial charge on any atom is 0.576 e. The number of hydrogen-bond acceptors (Lipinski definition) is 2. The largest absolute Gasteiger partial charge is 0.576 e. The Morgan fingerprint density at radius 3 is 2.24 bits per heavy atom. The van der Waals surface area contributed by atoms with Crippen molar-refractivity contribution in [3.05, 3.63) is 59.7 Å². The van der Waals surface area contributed by atoms with Crippen LogP contribution in [0.1, 0.15) is 11.1 Å². The van der Waals surface area contributed by atoms with Crippen LogP contribution in [0.25, 0.3) is 0 Å². The molecule has 2 aromatic rings. The zero-order chi connectivity index (χ0) is 12.1. The van der Waals surface area contributed by atoms with E-state index >= 15 is 0 Å². The highest BCUT2D eigenvalue weighted by atomic mass is 16.6. The topological polar surface area (TPSA) is 18.5 Å². The molecule has 0 unspecified atom stereocenters. The van der Waals surface area contributed by atoms with Crippen molar-refractivity contribution in [3.8, 4) is 11.5 Å². The Morgan fingerprint density at radius 2 is 1.53 bits per heavy atom. The Hall–Kier alpha value is -1.90. The van der Waals surface area contributed by atoms with Crippen molar-refractivity contribution in [3.63, 3.8) is 0 Å². The maximum absolute atomic E-state index is 5.55. The van der Waals surface area contributed by atoms with Crippen LogP contribution in [0.2, 0.25) is 0 Å². The van der Waals surface area contributed by atoms with Crippen molar-refractivity contribution >= 4 is 7.69 Å². The minimum absolute atomic E-state index is 0.230. The molecule has 0 aliphatic carbocycles. The summed E-state index contributed by atoms with van der Waals surface area (Å²) in [6, 6.07) is 15.8. The van der Waals surface area contributed by atoms with Crippen LogP contribution < -0.4 is 9.31 Å². The second-order valence-corrected chi connectivity index (χ2v) is 3.99. The SMILES string of the molecule is Cc1ccc(OBOc2ccccc2C)cc1. The van der Waals surface area contributed by atoms with Gasteiger partial charge in [0.05, 0.1) is 0 Å². The van der Waals surface area contributed by atoms with E-state index in [2.05, 4.69) is 0 Å². The molecule has 17 heavy (non-hydrogen) atoms. The van der Waals surface area contributed by atoms with E-state index in [0.29, 0.717) is 0 Å². The molecule has 0 radical (unpaired) electrons. The van der Waals surface area contributed by atoms with Crippen molar-refractivity contribution in [2.75, 3.05) is 0 Å². The lowest BCUT2D eigenvalue weighted by molar-refractivity contribution is 0.457. The van der Waals surface area contributed by atoms with Crippen molar-refractivity contribution in [2.24, 2.45) is 0 Å². The fourth-order valence-corrected chi connectivity index (χ4v) is 1.51. The number of benzene rings is 2. The molecule has 0 aliphatic heterocycles. The van der Waals surface area contributed by atoms with Gasteiger partial charge in [-0.1, -0.05) is 35.9 Å². The van der Waals surface area contributed by atoms with E-state index in [1.807, 2.05) is 62.4 Å². The molecule has 86 valence electrons. The molecule has 0 aromatic heterocycles. The molecule has 0 amide bonds. The highest BCUT2D eigenvalue weighted by Crippen LogP contribution is 2.16.